The first-order valence-electron chi connectivity index (χ1n) is 6.94. The first kappa shape index (κ1) is 14.3. The van der Waals surface area contributed by atoms with E-state index in [0.717, 1.165) is 18.4 Å². The molecule has 1 fully saturated rings. The number of rotatable bonds is 2. The van der Waals surface area contributed by atoms with E-state index in [4.69, 9.17) is 22.1 Å². The fraction of sp³-hybridized carbons (Fsp3) is 0.500. The summed E-state index contributed by atoms with van der Waals surface area (Å²) >= 11 is 6.09. The van der Waals surface area contributed by atoms with E-state index in [-0.39, 0.29) is 11.6 Å². The highest BCUT2D eigenvalue weighted by molar-refractivity contribution is 6.33. The molecule has 2 N–H and O–H groups in total. The molecule has 112 valence electrons. The molecule has 1 aromatic heterocycles. The van der Waals surface area contributed by atoms with E-state index in [1.54, 1.807) is 6.07 Å². The zero-order valence-corrected chi connectivity index (χ0v) is 12.8. The zero-order valence-electron chi connectivity index (χ0n) is 12.1. The number of benzene rings is 1. The van der Waals surface area contributed by atoms with Crippen molar-refractivity contribution in [1.29, 1.82) is 0 Å². The molecule has 6 nitrogen and oxygen atoms in total. The third kappa shape index (κ3) is 2.73. The summed E-state index contributed by atoms with van der Waals surface area (Å²) in [6.45, 7) is 4.86. The molecule has 21 heavy (non-hydrogen) atoms. The summed E-state index contributed by atoms with van der Waals surface area (Å²) in [4.78, 5) is 0. The lowest BCUT2D eigenvalue weighted by atomic mass is 9.94. The molecule has 1 unspecified atom stereocenters. The van der Waals surface area contributed by atoms with Crippen LogP contribution in [0.5, 0.6) is 0 Å². The van der Waals surface area contributed by atoms with Crippen LogP contribution in [0.4, 0.5) is 5.69 Å². The standard InChI is InChI=1S/C14H18ClN5O/c1-14(2)8-9(6-7-21-14)20-13(17-18-19-20)10-4-3-5-11(15)12(10)16/h3-5,9H,6-8,16H2,1-2H3. The number of nitrogen functional groups attached to an aromatic ring is 1. The molecule has 1 aliphatic rings. The summed E-state index contributed by atoms with van der Waals surface area (Å²) in [5.74, 6) is 0.651. The van der Waals surface area contributed by atoms with Crippen molar-refractivity contribution in [2.45, 2.75) is 38.3 Å². The van der Waals surface area contributed by atoms with Crippen LogP contribution in [0.25, 0.3) is 11.4 Å². The molecular formula is C14H18ClN5O. The highest BCUT2D eigenvalue weighted by Gasteiger charge is 2.32. The van der Waals surface area contributed by atoms with Crippen LogP contribution in [-0.2, 0) is 4.74 Å². The van der Waals surface area contributed by atoms with Crippen molar-refractivity contribution >= 4 is 17.3 Å². The van der Waals surface area contributed by atoms with Gasteiger partial charge in [0.2, 0.25) is 0 Å². The van der Waals surface area contributed by atoms with Crippen LogP contribution < -0.4 is 5.73 Å². The van der Waals surface area contributed by atoms with Gasteiger partial charge in [-0.25, -0.2) is 4.68 Å². The smallest absolute Gasteiger partial charge is 0.184 e. The minimum atomic E-state index is -0.175. The van der Waals surface area contributed by atoms with Gasteiger partial charge in [-0.3, -0.25) is 0 Å². The van der Waals surface area contributed by atoms with Crippen LogP contribution in [0.2, 0.25) is 5.02 Å². The number of nitrogens with zero attached hydrogens (tertiary/aromatic N) is 4. The molecule has 0 saturated carbocycles. The van der Waals surface area contributed by atoms with Crippen LogP contribution in [0.3, 0.4) is 0 Å². The molecule has 1 atom stereocenters. The Bertz CT molecular complexity index is 655. The van der Waals surface area contributed by atoms with E-state index in [0.29, 0.717) is 23.1 Å². The van der Waals surface area contributed by atoms with Gasteiger partial charge in [-0.1, -0.05) is 17.7 Å². The Morgan fingerprint density at radius 2 is 2.24 bits per heavy atom. The number of hydrogen-bond donors (Lipinski definition) is 1. The van der Waals surface area contributed by atoms with Gasteiger partial charge in [-0.15, -0.1) is 5.10 Å². The third-order valence-electron chi connectivity index (χ3n) is 3.80. The second-order valence-electron chi connectivity index (χ2n) is 5.90. The topological polar surface area (TPSA) is 78.9 Å². The van der Waals surface area contributed by atoms with Gasteiger partial charge in [-0.2, -0.15) is 0 Å². The van der Waals surface area contributed by atoms with Gasteiger partial charge < -0.3 is 10.5 Å². The highest BCUT2D eigenvalue weighted by atomic mass is 35.5. The Kier molecular flexibility index (Phi) is 3.59. The Morgan fingerprint density at radius 1 is 1.43 bits per heavy atom. The van der Waals surface area contributed by atoms with Crippen LogP contribution >= 0.6 is 11.6 Å². The summed E-state index contributed by atoms with van der Waals surface area (Å²) in [6, 6.07) is 5.68. The predicted octanol–water partition coefficient (Wildman–Crippen LogP) is 2.71. The number of anilines is 1. The van der Waals surface area contributed by atoms with Gasteiger partial charge >= 0.3 is 0 Å². The minimum Gasteiger partial charge on any atom is -0.397 e. The van der Waals surface area contributed by atoms with E-state index >= 15 is 0 Å². The van der Waals surface area contributed by atoms with Crippen molar-refractivity contribution in [2.24, 2.45) is 0 Å². The van der Waals surface area contributed by atoms with E-state index in [9.17, 15) is 0 Å². The molecule has 7 heteroatoms. The number of ether oxygens (including phenoxy) is 1. The molecule has 0 amide bonds. The molecule has 0 aliphatic carbocycles. The Balaban J connectivity index is 2.00. The van der Waals surface area contributed by atoms with Crippen LogP contribution in [0, 0.1) is 0 Å². The second-order valence-corrected chi connectivity index (χ2v) is 6.31. The van der Waals surface area contributed by atoms with Crippen LogP contribution in [-0.4, -0.2) is 32.4 Å². The van der Waals surface area contributed by atoms with Crippen molar-refractivity contribution < 1.29 is 4.74 Å². The van der Waals surface area contributed by atoms with Crippen molar-refractivity contribution in [1.82, 2.24) is 20.2 Å². The lowest BCUT2D eigenvalue weighted by Gasteiger charge is -2.35. The molecule has 2 aromatic rings. The largest absolute Gasteiger partial charge is 0.397 e. The fourth-order valence-corrected chi connectivity index (χ4v) is 2.93. The van der Waals surface area contributed by atoms with Crippen molar-refractivity contribution in [3.63, 3.8) is 0 Å². The maximum atomic E-state index is 6.09. The summed E-state index contributed by atoms with van der Waals surface area (Å²) in [6.07, 6.45) is 1.73. The average molecular weight is 308 g/mol. The lowest BCUT2D eigenvalue weighted by Crippen LogP contribution is -2.35. The van der Waals surface area contributed by atoms with Crippen molar-refractivity contribution in [3.8, 4) is 11.4 Å². The quantitative estimate of drug-likeness (QED) is 0.863. The summed E-state index contributed by atoms with van der Waals surface area (Å²) in [5, 5.41) is 12.6. The Labute approximate surface area is 128 Å². The average Bonchev–Trinajstić information content (AvgIpc) is 2.90. The SMILES string of the molecule is CC1(C)CC(n2nnnc2-c2cccc(Cl)c2N)CCO1. The maximum absolute atomic E-state index is 6.09. The lowest BCUT2D eigenvalue weighted by molar-refractivity contribution is -0.0707. The number of halogens is 1. The number of tetrazole rings is 1. The van der Waals surface area contributed by atoms with Gasteiger partial charge in [0, 0.05) is 12.2 Å². The van der Waals surface area contributed by atoms with E-state index in [2.05, 4.69) is 29.4 Å². The normalized spacial score (nSPS) is 21.4. The van der Waals surface area contributed by atoms with Crippen LogP contribution in [0.1, 0.15) is 32.7 Å². The summed E-state index contributed by atoms with van der Waals surface area (Å²) in [7, 11) is 0. The van der Waals surface area contributed by atoms with Gasteiger partial charge in [0.1, 0.15) is 0 Å². The Morgan fingerprint density at radius 3 is 3.00 bits per heavy atom. The predicted molar refractivity (Wildman–Crippen MR) is 81.0 cm³/mol. The van der Waals surface area contributed by atoms with Crippen molar-refractivity contribution in [3.05, 3.63) is 23.2 Å². The molecule has 2 heterocycles. The molecule has 0 radical (unpaired) electrons. The molecule has 0 bridgehead atoms. The number of aromatic nitrogens is 4. The maximum Gasteiger partial charge on any atom is 0.184 e. The molecule has 1 aliphatic heterocycles. The zero-order chi connectivity index (χ0) is 15.0. The summed E-state index contributed by atoms with van der Waals surface area (Å²) in [5.41, 5.74) is 7.15. The van der Waals surface area contributed by atoms with Crippen LogP contribution in [0.15, 0.2) is 18.2 Å². The van der Waals surface area contributed by atoms with Crippen molar-refractivity contribution in [2.75, 3.05) is 12.3 Å². The molecule has 3 rings (SSSR count). The van der Waals surface area contributed by atoms with Gasteiger partial charge in [0.25, 0.3) is 0 Å². The molecule has 1 aromatic carbocycles. The second kappa shape index (κ2) is 5.27. The fourth-order valence-electron chi connectivity index (χ4n) is 2.76. The molecule has 0 spiro atoms. The number of nitrogens with two attached hydrogens (primary N) is 1. The van der Waals surface area contributed by atoms with Gasteiger partial charge in [0.05, 0.1) is 22.4 Å². The monoisotopic (exact) mass is 307 g/mol. The molecular weight excluding hydrogens is 290 g/mol. The number of para-hydroxylation sites is 1. The Hall–Kier alpha value is -1.66. The summed E-state index contributed by atoms with van der Waals surface area (Å²) < 4.78 is 7.59. The number of hydrogen-bond acceptors (Lipinski definition) is 5. The van der Waals surface area contributed by atoms with Gasteiger partial charge in [-0.05, 0) is 49.2 Å². The third-order valence-corrected chi connectivity index (χ3v) is 4.13. The first-order valence-corrected chi connectivity index (χ1v) is 7.32. The minimum absolute atomic E-state index is 0.175. The molecule has 1 saturated heterocycles. The first-order chi connectivity index (χ1) is 9.98. The van der Waals surface area contributed by atoms with E-state index in [1.165, 1.54) is 0 Å². The highest BCUT2D eigenvalue weighted by Crippen LogP contribution is 2.36. The van der Waals surface area contributed by atoms with E-state index in [1.807, 2.05) is 16.8 Å². The van der Waals surface area contributed by atoms with E-state index < -0.39 is 0 Å². The van der Waals surface area contributed by atoms with Gasteiger partial charge in [0.15, 0.2) is 5.82 Å².